The first kappa shape index (κ1) is 67.4. The zero-order valence-corrected chi connectivity index (χ0v) is 47.5. The number of rotatable bonds is 57. The van der Waals surface area contributed by atoms with E-state index >= 15 is 0 Å². The minimum Gasteiger partial charge on any atom is -0.462 e. The normalized spacial score (nSPS) is 12.0. The molecule has 0 aliphatic carbocycles. The summed E-state index contributed by atoms with van der Waals surface area (Å²) in [5.41, 5.74) is 0. The largest absolute Gasteiger partial charge is 0.462 e. The van der Waals surface area contributed by atoms with Gasteiger partial charge in [0.15, 0.2) is 6.10 Å². The fourth-order valence-corrected chi connectivity index (χ4v) is 9.76. The van der Waals surface area contributed by atoms with Crippen molar-refractivity contribution in [2.75, 3.05) is 13.2 Å². The van der Waals surface area contributed by atoms with E-state index in [4.69, 9.17) is 14.2 Å². The van der Waals surface area contributed by atoms with Crippen LogP contribution in [0, 0.1) is 11.8 Å². The minimum atomic E-state index is -0.763. The van der Waals surface area contributed by atoms with E-state index in [9.17, 15) is 14.4 Å². The van der Waals surface area contributed by atoms with Crippen LogP contribution in [0.2, 0.25) is 0 Å². The van der Waals surface area contributed by atoms with Gasteiger partial charge in [0.25, 0.3) is 0 Å². The first-order valence-electron chi connectivity index (χ1n) is 31.2. The quantitative estimate of drug-likeness (QED) is 0.0343. The first-order valence-corrected chi connectivity index (χ1v) is 31.2. The molecule has 0 saturated heterocycles. The average Bonchev–Trinajstić information content (AvgIpc) is 3.32. The van der Waals surface area contributed by atoms with Gasteiger partial charge >= 0.3 is 17.9 Å². The molecule has 69 heavy (non-hydrogen) atoms. The van der Waals surface area contributed by atoms with Crippen molar-refractivity contribution in [1.29, 1.82) is 0 Å². The van der Waals surface area contributed by atoms with Gasteiger partial charge in [0.1, 0.15) is 13.2 Å². The maximum absolute atomic E-state index is 12.9. The second-order valence-corrected chi connectivity index (χ2v) is 22.6. The van der Waals surface area contributed by atoms with Crippen molar-refractivity contribution in [2.45, 2.75) is 362 Å². The highest BCUT2D eigenvalue weighted by atomic mass is 16.6. The molecule has 0 aromatic heterocycles. The Bertz CT molecular complexity index is 1060. The molecule has 0 rings (SSSR count). The monoisotopic (exact) mass is 975 g/mol. The lowest BCUT2D eigenvalue weighted by Gasteiger charge is -2.18. The zero-order chi connectivity index (χ0) is 50.4. The van der Waals surface area contributed by atoms with Crippen LogP contribution in [0.4, 0.5) is 0 Å². The summed E-state index contributed by atoms with van der Waals surface area (Å²) in [7, 11) is 0. The average molecular weight is 976 g/mol. The number of carbonyl (C=O) groups excluding carboxylic acids is 3. The van der Waals surface area contributed by atoms with Gasteiger partial charge in [-0.2, -0.15) is 0 Å². The topological polar surface area (TPSA) is 78.9 Å². The Hall–Kier alpha value is -1.59. The molecule has 0 aromatic carbocycles. The standard InChI is InChI=1S/C63H122O6/c1-6-7-8-9-10-11-12-13-14-15-16-17-24-30-35-40-45-50-55-63(66)69-60(57-68-62(65)54-49-44-39-34-29-25-20-22-27-32-37-42-47-52-59(4)5)56-67-61(64)53-48-43-38-33-28-23-19-18-21-26-31-36-41-46-51-58(2)3/h58-60H,6-57H2,1-5H3/t60-/m0/s1. The second-order valence-electron chi connectivity index (χ2n) is 22.6. The number of hydrogen-bond donors (Lipinski definition) is 0. The molecule has 0 unspecified atom stereocenters. The van der Waals surface area contributed by atoms with Gasteiger partial charge in [0.2, 0.25) is 0 Å². The SMILES string of the molecule is CCCCCCCCCCCCCCCCCCCCC(=O)O[C@@H](COC(=O)CCCCCCCCCCCCCCCCC(C)C)COC(=O)CCCCCCCCCCCCCCCC(C)C. The van der Waals surface area contributed by atoms with E-state index in [0.29, 0.717) is 19.3 Å². The van der Waals surface area contributed by atoms with E-state index in [0.717, 1.165) is 69.6 Å². The van der Waals surface area contributed by atoms with E-state index in [2.05, 4.69) is 34.6 Å². The Kier molecular flexibility index (Phi) is 54.4. The molecule has 0 aliphatic heterocycles. The second kappa shape index (κ2) is 55.7. The summed E-state index contributed by atoms with van der Waals surface area (Å²) >= 11 is 0. The van der Waals surface area contributed by atoms with Crippen LogP contribution in [0.25, 0.3) is 0 Å². The van der Waals surface area contributed by atoms with Crippen molar-refractivity contribution in [3.8, 4) is 0 Å². The van der Waals surface area contributed by atoms with Gasteiger partial charge in [-0.3, -0.25) is 14.4 Å². The highest BCUT2D eigenvalue weighted by molar-refractivity contribution is 5.71. The summed E-state index contributed by atoms with van der Waals surface area (Å²) in [6.45, 7) is 11.4. The van der Waals surface area contributed by atoms with Crippen LogP contribution in [0.1, 0.15) is 356 Å². The number of esters is 3. The molecule has 0 bridgehead atoms. The number of unbranched alkanes of at least 4 members (excludes halogenated alkanes) is 42. The molecule has 0 fully saturated rings. The van der Waals surface area contributed by atoms with E-state index in [1.165, 1.54) is 244 Å². The summed E-state index contributed by atoms with van der Waals surface area (Å²) < 4.78 is 16.9. The molecule has 0 amide bonds. The highest BCUT2D eigenvalue weighted by Crippen LogP contribution is 2.19. The van der Waals surface area contributed by atoms with Crippen LogP contribution in [-0.4, -0.2) is 37.2 Å². The molecular weight excluding hydrogens is 853 g/mol. The smallest absolute Gasteiger partial charge is 0.306 e. The van der Waals surface area contributed by atoms with Gasteiger partial charge < -0.3 is 14.2 Å². The third-order valence-electron chi connectivity index (χ3n) is 14.5. The fourth-order valence-electron chi connectivity index (χ4n) is 9.76. The summed E-state index contributed by atoms with van der Waals surface area (Å²) in [5, 5.41) is 0. The van der Waals surface area contributed by atoms with E-state index in [1.807, 2.05) is 0 Å². The predicted octanol–water partition coefficient (Wildman–Crippen LogP) is 20.8. The van der Waals surface area contributed by atoms with Gasteiger partial charge in [-0.1, -0.05) is 317 Å². The molecule has 6 nitrogen and oxygen atoms in total. The maximum Gasteiger partial charge on any atom is 0.306 e. The lowest BCUT2D eigenvalue weighted by Crippen LogP contribution is -2.30. The Morgan fingerprint density at radius 3 is 0.710 bits per heavy atom. The third-order valence-corrected chi connectivity index (χ3v) is 14.5. The predicted molar refractivity (Wildman–Crippen MR) is 298 cm³/mol. The van der Waals surface area contributed by atoms with Crippen LogP contribution in [-0.2, 0) is 28.6 Å². The van der Waals surface area contributed by atoms with Crippen molar-refractivity contribution in [3.63, 3.8) is 0 Å². The van der Waals surface area contributed by atoms with Gasteiger partial charge in [-0.05, 0) is 31.1 Å². The Morgan fingerprint density at radius 2 is 0.478 bits per heavy atom. The van der Waals surface area contributed by atoms with Gasteiger partial charge in [0, 0.05) is 19.3 Å². The van der Waals surface area contributed by atoms with Crippen molar-refractivity contribution >= 4 is 17.9 Å². The Morgan fingerprint density at radius 1 is 0.275 bits per heavy atom. The van der Waals surface area contributed by atoms with Crippen LogP contribution in [0.3, 0.4) is 0 Å². The molecule has 0 spiro atoms. The Labute approximate surface area is 431 Å². The van der Waals surface area contributed by atoms with Gasteiger partial charge in [0.05, 0.1) is 0 Å². The molecule has 0 N–H and O–H groups in total. The number of carbonyl (C=O) groups is 3. The van der Waals surface area contributed by atoms with Crippen molar-refractivity contribution in [3.05, 3.63) is 0 Å². The highest BCUT2D eigenvalue weighted by Gasteiger charge is 2.19. The maximum atomic E-state index is 12.9. The first-order chi connectivity index (χ1) is 33.7. The number of ether oxygens (including phenoxy) is 3. The van der Waals surface area contributed by atoms with Crippen LogP contribution in [0.5, 0.6) is 0 Å². The molecule has 410 valence electrons. The van der Waals surface area contributed by atoms with Crippen LogP contribution < -0.4 is 0 Å². The third kappa shape index (κ3) is 57.2. The van der Waals surface area contributed by atoms with Crippen molar-refractivity contribution in [2.24, 2.45) is 11.8 Å². The van der Waals surface area contributed by atoms with E-state index in [1.54, 1.807) is 0 Å². The zero-order valence-electron chi connectivity index (χ0n) is 47.5. The summed E-state index contributed by atoms with van der Waals surface area (Å²) in [6, 6.07) is 0. The molecule has 0 heterocycles. The van der Waals surface area contributed by atoms with Gasteiger partial charge in [-0.15, -0.1) is 0 Å². The summed E-state index contributed by atoms with van der Waals surface area (Å²) in [5.74, 6) is 0.852. The van der Waals surface area contributed by atoms with Gasteiger partial charge in [-0.25, -0.2) is 0 Å². The molecule has 1 atom stereocenters. The van der Waals surface area contributed by atoms with Crippen molar-refractivity contribution < 1.29 is 28.6 Å². The van der Waals surface area contributed by atoms with E-state index < -0.39 is 6.10 Å². The fraction of sp³-hybridized carbons (Fsp3) is 0.952. The van der Waals surface area contributed by atoms with E-state index in [-0.39, 0.29) is 31.1 Å². The summed E-state index contributed by atoms with van der Waals surface area (Å²) in [4.78, 5) is 38.3. The molecular formula is C63H122O6. The lowest BCUT2D eigenvalue weighted by atomic mass is 10.0. The molecule has 6 heteroatoms. The molecule has 0 aliphatic rings. The Balaban J connectivity index is 4.29. The minimum absolute atomic E-state index is 0.0621. The van der Waals surface area contributed by atoms with Crippen molar-refractivity contribution in [1.82, 2.24) is 0 Å². The van der Waals surface area contributed by atoms with Crippen LogP contribution in [0.15, 0.2) is 0 Å². The number of hydrogen-bond acceptors (Lipinski definition) is 6. The van der Waals surface area contributed by atoms with Crippen LogP contribution >= 0.6 is 0 Å². The lowest BCUT2D eigenvalue weighted by molar-refractivity contribution is -0.167. The molecule has 0 radical (unpaired) electrons. The molecule has 0 aromatic rings. The summed E-state index contributed by atoms with van der Waals surface area (Å²) in [6.07, 6.45) is 61.0. The molecule has 0 saturated carbocycles.